The van der Waals surface area contributed by atoms with Crippen molar-refractivity contribution in [3.8, 4) is 0 Å². The number of anilines is 1. The first-order valence-electron chi connectivity index (χ1n) is 8.25. The van der Waals surface area contributed by atoms with Crippen LogP contribution in [0.5, 0.6) is 0 Å². The van der Waals surface area contributed by atoms with Crippen LogP contribution in [0.4, 0.5) is 5.69 Å². The molecular formula is C20H23N3O2. The summed E-state index contributed by atoms with van der Waals surface area (Å²) in [5.41, 5.74) is 3.08. The van der Waals surface area contributed by atoms with Crippen LogP contribution in [-0.4, -0.2) is 23.8 Å². The van der Waals surface area contributed by atoms with Crippen LogP contribution in [-0.2, 0) is 11.3 Å². The Kier molecular flexibility index (Phi) is 6.46. The van der Waals surface area contributed by atoms with Crippen molar-refractivity contribution in [3.05, 3.63) is 71.6 Å². The van der Waals surface area contributed by atoms with Gasteiger partial charge in [0.15, 0.2) is 0 Å². The number of allylic oxidation sites excluding steroid dienone is 1. The van der Waals surface area contributed by atoms with Crippen molar-refractivity contribution in [1.29, 1.82) is 0 Å². The molecule has 0 bridgehead atoms. The second kappa shape index (κ2) is 8.78. The molecule has 0 radical (unpaired) electrons. The molecule has 5 nitrogen and oxygen atoms in total. The minimum absolute atomic E-state index is 0.0593. The molecule has 0 aliphatic rings. The van der Waals surface area contributed by atoms with E-state index < -0.39 is 0 Å². The van der Waals surface area contributed by atoms with Crippen LogP contribution in [0.25, 0.3) is 0 Å². The summed E-state index contributed by atoms with van der Waals surface area (Å²) >= 11 is 0. The van der Waals surface area contributed by atoms with Gasteiger partial charge in [0.25, 0.3) is 5.91 Å². The maximum absolute atomic E-state index is 12.4. The fraction of sp³-hybridized carbons (Fsp3) is 0.250. The van der Waals surface area contributed by atoms with E-state index in [1.54, 1.807) is 36.5 Å². The van der Waals surface area contributed by atoms with E-state index in [-0.39, 0.29) is 11.8 Å². The molecule has 0 unspecified atom stereocenters. The number of nitrogens with one attached hydrogen (secondary N) is 1. The monoisotopic (exact) mass is 337 g/mol. The van der Waals surface area contributed by atoms with Gasteiger partial charge in [0.05, 0.1) is 0 Å². The molecule has 0 saturated heterocycles. The van der Waals surface area contributed by atoms with Crippen LogP contribution in [0.15, 0.2) is 60.4 Å². The summed E-state index contributed by atoms with van der Waals surface area (Å²) in [6.45, 7) is 4.26. The number of pyridine rings is 1. The van der Waals surface area contributed by atoms with Crippen LogP contribution in [0.1, 0.15) is 36.2 Å². The number of hydrogen-bond donors (Lipinski definition) is 1. The largest absolute Gasteiger partial charge is 0.348 e. The van der Waals surface area contributed by atoms with Gasteiger partial charge in [0, 0.05) is 42.8 Å². The molecule has 5 heteroatoms. The lowest BCUT2D eigenvalue weighted by molar-refractivity contribution is -0.117. The molecule has 1 aromatic heterocycles. The van der Waals surface area contributed by atoms with Crippen LogP contribution >= 0.6 is 0 Å². The predicted molar refractivity (Wildman–Crippen MR) is 99.3 cm³/mol. The van der Waals surface area contributed by atoms with Gasteiger partial charge in [0.2, 0.25) is 5.91 Å². The molecule has 2 aromatic rings. The Bertz CT molecular complexity index is 752. The molecule has 130 valence electrons. The zero-order valence-electron chi connectivity index (χ0n) is 14.8. The molecular weight excluding hydrogens is 314 g/mol. The van der Waals surface area contributed by atoms with Crippen molar-refractivity contribution in [2.45, 2.75) is 26.8 Å². The van der Waals surface area contributed by atoms with E-state index in [1.807, 2.05) is 44.2 Å². The first-order valence-corrected chi connectivity index (χ1v) is 8.25. The van der Waals surface area contributed by atoms with Crippen molar-refractivity contribution < 1.29 is 9.59 Å². The van der Waals surface area contributed by atoms with E-state index in [4.69, 9.17) is 0 Å². The number of carbonyl (C=O) groups is 2. The minimum Gasteiger partial charge on any atom is -0.348 e. The summed E-state index contributed by atoms with van der Waals surface area (Å²) in [4.78, 5) is 29.8. The third-order valence-corrected chi connectivity index (χ3v) is 3.88. The van der Waals surface area contributed by atoms with E-state index in [0.717, 1.165) is 23.2 Å². The minimum atomic E-state index is -0.0937. The van der Waals surface area contributed by atoms with Gasteiger partial charge in [-0.3, -0.25) is 14.6 Å². The average molecular weight is 337 g/mol. The topological polar surface area (TPSA) is 62.3 Å². The van der Waals surface area contributed by atoms with Crippen LogP contribution < -0.4 is 10.2 Å². The standard InChI is InChI=1S/C20H23N3O2/c1-4-5-15(2)19(24)22-14-16-6-8-18(9-7-16)23(3)20(25)17-10-12-21-13-11-17/h5-13H,4,14H2,1-3H3,(H,22,24). The number of nitrogens with zero attached hydrogens (tertiary/aromatic N) is 2. The lowest BCUT2D eigenvalue weighted by Crippen LogP contribution is -2.26. The molecule has 1 heterocycles. The highest BCUT2D eigenvalue weighted by Gasteiger charge is 2.13. The highest BCUT2D eigenvalue weighted by molar-refractivity contribution is 6.05. The Hall–Kier alpha value is -2.95. The quantitative estimate of drug-likeness (QED) is 0.823. The van der Waals surface area contributed by atoms with Gasteiger partial charge >= 0.3 is 0 Å². The van der Waals surface area contributed by atoms with Crippen LogP contribution in [0.2, 0.25) is 0 Å². The van der Waals surface area contributed by atoms with E-state index in [0.29, 0.717) is 12.1 Å². The van der Waals surface area contributed by atoms with Gasteiger partial charge in [-0.15, -0.1) is 0 Å². The summed E-state index contributed by atoms with van der Waals surface area (Å²) in [7, 11) is 1.73. The molecule has 0 saturated carbocycles. The van der Waals surface area contributed by atoms with E-state index >= 15 is 0 Å². The third-order valence-electron chi connectivity index (χ3n) is 3.88. The van der Waals surface area contributed by atoms with Crippen LogP contribution in [0, 0.1) is 0 Å². The smallest absolute Gasteiger partial charge is 0.258 e. The summed E-state index contributed by atoms with van der Waals surface area (Å²) in [6, 6.07) is 10.9. The first kappa shape index (κ1) is 18.4. The second-order valence-electron chi connectivity index (χ2n) is 5.74. The number of benzene rings is 1. The number of rotatable bonds is 6. The molecule has 0 aliphatic heterocycles. The molecule has 2 rings (SSSR count). The third kappa shape index (κ3) is 5.01. The average Bonchev–Trinajstić information content (AvgIpc) is 2.66. The molecule has 1 N–H and O–H groups in total. The zero-order chi connectivity index (χ0) is 18.2. The molecule has 1 aromatic carbocycles. The maximum atomic E-state index is 12.4. The van der Waals surface area contributed by atoms with E-state index in [1.165, 1.54) is 0 Å². The van der Waals surface area contributed by atoms with Crippen molar-refractivity contribution >= 4 is 17.5 Å². The van der Waals surface area contributed by atoms with Gasteiger partial charge in [-0.1, -0.05) is 25.1 Å². The fourth-order valence-corrected chi connectivity index (χ4v) is 2.36. The summed E-state index contributed by atoms with van der Waals surface area (Å²) < 4.78 is 0. The van der Waals surface area contributed by atoms with Crippen molar-refractivity contribution in [1.82, 2.24) is 10.3 Å². The summed E-state index contributed by atoms with van der Waals surface area (Å²) in [5, 5.41) is 2.89. The van der Waals surface area contributed by atoms with Crippen LogP contribution in [0.3, 0.4) is 0 Å². The summed E-state index contributed by atoms with van der Waals surface area (Å²) in [6.07, 6.45) is 5.94. The number of carbonyl (C=O) groups excluding carboxylic acids is 2. The summed E-state index contributed by atoms with van der Waals surface area (Å²) in [5.74, 6) is -0.153. The highest BCUT2D eigenvalue weighted by Crippen LogP contribution is 2.16. The molecule has 0 atom stereocenters. The lowest BCUT2D eigenvalue weighted by atomic mass is 10.1. The van der Waals surface area contributed by atoms with E-state index in [2.05, 4.69) is 10.3 Å². The predicted octanol–water partition coefficient (Wildman–Crippen LogP) is 3.33. The van der Waals surface area contributed by atoms with Crippen molar-refractivity contribution in [2.75, 3.05) is 11.9 Å². The Labute approximate surface area is 148 Å². The molecule has 0 aliphatic carbocycles. The normalized spacial score (nSPS) is 11.1. The first-order chi connectivity index (χ1) is 12.0. The maximum Gasteiger partial charge on any atom is 0.258 e. The Morgan fingerprint density at radius 1 is 1.12 bits per heavy atom. The number of aromatic nitrogens is 1. The second-order valence-corrected chi connectivity index (χ2v) is 5.74. The molecule has 25 heavy (non-hydrogen) atoms. The highest BCUT2D eigenvalue weighted by atomic mass is 16.2. The van der Waals surface area contributed by atoms with Crippen molar-refractivity contribution in [2.24, 2.45) is 0 Å². The van der Waals surface area contributed by atoms with E-state index in [9.17, 15) is 9.59 Å². The number of amides is 2. The zero-order valence-corrected chi connectivity index (χ0v) is 14.8. The lowest BCUT2D eigenvalue weighted by Gasteiger charge is -2.17. The van der Waals surface area contributed by atoms with Gasteiger partial charge in [0.1, 0.15) is 0 Å². The molecule has 2 amide bonds. The number of hydrogen-bond acceptors (Lipinski definition) is 3. The molecule has 0 spiro atoms. The Morgan fingerprint density at radius 3 is 2.36 bits per heavy atom. The van der Waals surface area contributed by atoms with Gasteiger partial charge in [-0.05, 0) is 43.2 Å². The van der Waals surface area contributed by atoms with Gasteiger partial charge in [-0.2, -0.15) is 0 Å². The van der Waals surface area contributed by atoms with Crippen molar-refractivity contribution in [3.63, 3.8) is 0 Å². The van der Waals surface area contributed by atoms with Gasteiger partial charge in [-0.25, -0.2) is 0 Å². The fourth-order valence-electron chi connectivity index (χ4n) is 2.36. The Balaban J connectivity index is 1.99. The SMILES string of the molecule is CCC=C(C)C(=O)NCc1ccc(N(C)C(=O)c2ccncc2)cc1. The van der Waals surface area contributed by atoms with Gasteiger partial charge < -0.3 is 10.2 Å². The molecule has 0 fully saturated rings. The Morgan fingerprint density at radius 2 is 1.76 bits per heavy atom.